The average molecular weight is 445 g/mol. The number of nitrogens with zero attached hydrogens (tertiary/aromatic N) is 5. The predicted octanol–water partition coefficient (Wildman–Crippen LogP) is 3.40. The van der Waals surface area contributed by atoms with Crippen molar-refractivity contribution < 1.29 is 8.42 Å². The van der Waals surface area contributed by atoms with Gasteiger partial charge in [-0.25, -0.2) is 13.4 Å². The summed E-state index contributed by atoms with van der Waals surface area (Å²) in [6, 6.07) is 0. The molecule has 9 heteroatoms. The molecular formula is C22H32N6O2S. The summed E-state index contributed by atoms with van der Waals surface area (Å²) in [4.78, 5) is 4.27. The van der Waals surface area contributed by atoms with E-state index in [2.05, 4.69) is 43.0 Å². The summed E-state index contributed by atoms with van der Waals surface area (Å²) in [7, 11) is -3.40. The standard InChI is InChI=1S/C22H32N6O2S/c1-16-11-19(13-25-31(29,30)15-18-7-4-3-5-8-18)12-20(16)22-27-26-21-14-24-17(2)23-9-6-10-28(21)22/h6,9,13-14,16,18-20,23H,2-5,7-8,10-12,15H2,1H3/b9-6-,24-14?,25-13?/t16-,19?,20+/m1/s1. The number of fused-ring (bicyclic) bond motifs is 1. The second-order valence-corrected chi connectivity index (χ2v) is 10.8. The molecule has 2 saturated carbocycles. The highest BCUT2D eigenvalue weighted by atomic mass is 32.2. The molecule has 168 valence electrons. The van der Waals surface area contributed by atoms with Gasteiger partial charge in [0.05, 0.1) is 12.0 Å². The Bertz CT molecular complexity index is 988. The molecule has 1 aromatic rings. The van der Waals surface area contributed by atoms with E-state index in [0.717, 1.165) is 44.3 Å². The number of aromatic nitrogens is 3. The molecule has 4 rings (SSSR count). The summed E-state index contributed by atoms with van der Waals surface area (Å²) in [5, 5.41) is 11.8. The Hall–Kier alpha value is -2.29. The molecule has 8 nitrogen and oxygen atoms in total. The zero-order valence-electron chi connectivity index (χ0n) is 18.2. The quantitative estimate of drug-likeness (QED) is 0.702. The van der Waals surface area contributed by atoms with E-state index in [1.807, 2.05) is 12.3 Å². The lowest BCUT2D eigenvalue weighted by Crippen LogP contribution is -2.17. The van der Waals surface area contributed by atoms with E-state index in [9.17, 15) is 8.42 Å². The summed E-state index contributed by atoms with van der Waals surface area (Å²) >= 11 is 0. The van der Waals surface area contributed by atoms with Crippen LogP contribution < -0.4 is 5.32 Å². The van der Waals surface area contributed by atoms with Crippen molar-refractivity contribution in [1.29, 1.82) is 0 Å². The highest BCUT2D eigenvalue weighted by Crippen LogP contribution is 2.41. The SMILES string of the molecule is C=C1N=Cc2nnc([C@H]3CC(C=NS(=O)(=O)CC4CCCCC4)C[C@H]3C)n2C/C=C\N1. The first kappa shape index (κ1) is 21.9. The molecule has 0 aromatic carbocycles. The molecule has 3 aliphatic rings. The van der Waals surface area contributed by atoms with Gasteiger partial charge in [-0.3, -0.25) is 0 Å². The van der Waals surface area contributed by atoms with Gasteiger partial charge >= 0.3 is 0 Å². The van der Waals surface area contributed by atoms with Crippen LogP contribution in [0.15, 0.2) is 34.1 Å². The van der Waals surface area contributed by atoms with E-state index in [4.69, 9.17) is 0 Å². The Labute approximate surface area is 184 Å². The minimum atomic E-state index is -3.40. The molecule has 31 heavy (non-hydrogen) atoms. The van der Waals surface area contributed by atoms with Gasteiger partial charge in [0.25, 0.3) is 10.0 Å². The van der Waals surface area contributed by atoms with Crippen LogP contribution >= 0.6 is 0 Å². The molecule has 1 unspecified atom stereocenters. The minimum absolute atomic E-state index is 0.135. The van der Waals surface area contributed by atoms with Crippen LogP contribution in [-0.4, -0.2) is 41.4 Å². The summed E-state index contributed by atoms with van der Waals surface area (Å²) in [5.41, 5.74) is 0. The molecule has 0 spiro atoms. The molecule has 3 atom stereocenters. The lowest BCUT2D eigenvalue weighted by molar-refractivity contribution is 0.385. The zero-order chi connectivity index (χ0) is 21.8. The normalized spacial score (nSPS) is 28.7. The first-order valence-electron chi connectivity index (χ1n) is 11.3. The number of nitrogens with one attached hydrogen (secondary N) is 1. The third-order valence-corrected chi connectivity index (χ3v) is 7.99. The van der Waals surface area contributed by atoms with Gasteiger partial charge in [0.2, 0.25) is 0 Å². The fourth-order valence-corrected chi connectivity index (χ4v) is 6.40. The van der Waals surface area contributed by atoms with Gasteiger partial charge in [0.1, 0.15) is 11.6 Å². The molecule has 2 heterocycles. The second-order valence-electron chi connectivity index (χ2n) is 9.10. The van der Waals surface area contributed by atoms with Crippen molar-refractivity contribution in [2.75, 3.05) is 5.75 Å². The summed E-state index contributed by atoms with van der Waals surface area (Å²) < 4.78 is 31.2. The van der Waals surface area contributed by atoms with Gasteiger partial charge in [-0.15, -0.1) is 10.2 Å². The third-order valence-electron chi connectivity index (χ3n) is 6.65. The van der Waals surface area contributed by atoms with E-state index < -0.39 is 10.0 Å². The molecule has 1 N–H and O–H groups in total. The van der Waals surface area contributed by atoms with Crippen molar-refractivity contribution >= 4 is 22.5 Å². The van der Waals surface area contributed by atoms with Crippen molar-refractivity contribution in [3.8, 4) is 0 Å². The molecule has 2 aliphatic carbocycles. The predicted molar refractivity (Wildman–Crippen MR) is 123 cm³/mol. The highest BCUT2D eigenvalue weighted by Gasteiger charge is 2.35. The lowest BCUT2D eigenvalue weighted by Gasteiger charge is -2.20. The van der Waals surface area contributed by atoms with Crippen molar-refractivity contribution in [2.24, 2.45) is 27.1 Å². The lowest BCUT2D eigenvalue weighted by atomic mass is 9.91. The second kappa shape index (κ2) is 9.46. The summed E-state index contributed by atoms with van der Waals surface area (Å²) in [6.07, 6.45) is 14.4. The van der Waals surface area contributed by atoms with E-state index in [0.29, 0.717) is 24.1 Å². The van der Waals surface area contributed by atoms with Crippen molar-refractivity contribution in [3.05, 3.63) is 36.3 Å². The average Bonchev–Trinajstić information content (AvgIpc) is 3.32. The van der Waals surface area contributed by atoms with Gasteiger partial charge in [-0.05, 0) is 49.5 Å². The zero-order valence-corrected chi connectivity index (χ0v) is 19.0. The Morgan fingerprint density at radius 1 is 1.26 bits per heavy atom. The first-order valence-corrected chi connectivity index (χ1v) is 12.9. The fraction of sp³-hybridized carbons (Fsp3) is 0.636. The van der Waals surface area contributed by atoms with E-state index >= 15 is 0 Å². The number of aliphatic imine (C=N–C) groups is 1. The molecular weight excluding hydrogens is 412 g/mol. The van der Waals surface area contributed by atoms with Gasteiger partial charge < -0.3 is 9.88 Å². The number of allylic oxidation sites excluding steroid dienone is 1. The van der Waals surface area contributed by atoms with Crippen LogP contribution in [0.1, 0.15) is 69.4 Å². The minimum Gasteiger partial charge on any atom is -0.347 e. The van der Waals surface area contributed by atoms with Gasteiger partial charge in [0.15, 0.2) is 5.82 Å². The maximum atomic E-state index is 12.5. The van der Waals surface area contributed by atoms with Gasteiger partial charge in [-0.1, -0.05) is 32.8 Å². The fourth-order valence-electron chi connectivity index (χ4n) is 5.02. The Kier molecular flexibility index (Phi) is 6.69. The van der Waals surface area contributed by atoms with Crippen LogP contribution in [0.2, 0.25) is 0 Å². The maximum Gasteiger partial charge on any atom is 0.253 e. The van der Waals surface area contributed by atoms with Crippen molar-refractivity contribution in [1.82, 2.24) is 20.1 Å². The monoisotopic (exact) mass is 444 g/mol. The Balaban J connectivity index is 1.44. The topological polar surface area (TPSA) is 102 Å². The van der Waals surface area contributed by atoms with Crippen LogP contribution in [0.3, 0.4) is 0 Å². The number of sulfonamides is 1. The Morgan fingerprint density at radius 3 is 2.87 bits per heavy atom. The highest BCUT2D eigenvalue weighted by molar-refractivity contribution is 7.90. The van der Waals surface area contributed by atoms with Crippen LogP contribution in [0.4, 0.5) is 0 Å². The van der Waals surface area contributed by atoms with E-state index in [1.165, 1.54) is 6.42 Å². The molecule has 1 aromatic heterocycles. The molecule has 0 bridgehead atoms. The van der Waals surface area contributed by atoms with Crippen molar-refractivity contribution in [2.45, 2.75) is 64.3 Å². The number of hydrogen-bond acceptors (Lipinski definition) is 6. The molecule has 0 saturated heterocycles. The molecule has 1 aliphatic heterocycles. The van der Waals surface area contributed by atoms with Crippen LogP contribution in [0.25, 0.3) is 0 Å². The van der Waals surface area contributed by atoms with Crippen LogP contribution in [0, 0.1) is 17.8 Å². The smallest absolute Gasteiger partial charge is 0.253 e. The number of hydrogen-bond donors (Lipinski definition) is 1. The number of rotatable bonds is 5. The van der Waals surface area contributed by atoms with Crippen molar-refractivity contribution in [3.63, 3.8) is 0 Å². The van der Waals surface area contributed by atoms with E-state index in [1.54, 1.807) is 12.4 Å². The molecule has 0 radical (unpaired) electrons. The first-order chi connectivity index (χ1) is 14.9. The maximum absolute atomic E-state index is 12.5. The summed E-state index contributed by atoms with van der Waals surface area (Å²) in [5.74, 6) is 3.34. The summed E-state index contributed by atoms with van der Waals surface area (Å²) in [6.45, 7) is 6.67. The van der Waals surface area contributed by atoms with Gasteiger partial charge in [-0.2, -0.15) is 4.40 Å². The largest absolute Gasteiger partial charge is 0.347 e. The van der Waals surface area contributed by atoms with Gasteiger partial charge in [0, 0.05) is 24.9 Å². The Morgan fingerprint density at radius 2 is 2.06 bits per heavy atom. The molecule has 2 fully saturated rings. The van der Waals surface area contributed by atoms with Crippen LogP contribution in [0.5, 0.6) is 0 Å². The third kappa shape index (κ3) is 5.50. The molecule has 0 amide bonds. The van der Waals surface area contributed by atoms with E-state index in [-0.39, 0.29) is 23.5 Å². The van der Waals surface area contributed by atoms with Crippen LogP contribution in [-0.2, 0) is 16.6 Å².